The van der Waals surface area contributed by atoms with Gasteiger partial charge in [-0.1, -0.05) is 23.0 Å². The highest BCUT2D eigenvalue weighted by Gasteiger charge is 2.24. The van der Waals surface area contributed by atoms with Gasteiger partial charge in [0.05, 0.1) is 22.6 Å². The summed E-state index contributed by atoms with van der Waals surface area (Å²) >= 11 is 5.94. The van der Waals surface area contributed by atoms with Gasteiger partial charge in [-0.2, -0.15) is 0 Å². The van der Waals surface area contributed by atoms with Crippen LogP contribution >= 0.6 is 11.6 Å². The molecule has 1 atom stereocenters. The summed E-state index contributed by atoms with van der Waals surface area (Å²) in [5.41, 5.74) is -0.163. The molecule has 0 saturated heterocycles. The zero-order chi connectivity index (χ0) is 19.2. The molecule has 0 aromatic heterocycles. The summed E-state index contributed by atoms with van der Waals surface area (Å²) in [4.78, 5) is 28.2. The first kappa shape index (κ1) is 21.4. The van der Waals surface area contributed by atoms with Crippen LogP contribution in [0.2, 0.25) is 5.02 Å². The lowest BCUT2D eigenvalue weighted by atomic mass is 10.2. The number of rotatable bonds is 8. The smallest absolute Gasteiger partial charge is 0.340 e. The number of amides is 1. The van der Waals surface area contributed by atoms with Crippen molar-refractivity contribution in [2.45, 2.75) is 31.2 Å². The molecule has 0 fully saturated rings. The van der Waals surface area contributed by atoms with Crippen LogP contribution in [0.3, 0.4) is 0 Å². The number of nitrogens with one attached hydrogen (secondary N) is 1. The summed E-state index contributed by atoms with van der Waals surface area (Å²) in [5.74, 6) is -1.36. The van der Waals surface area contributed by atoms with Crippen LogP contribution < -0.4 is 5.32 Å². The molecule has 1 N–H and O–H groups in total. The molecular formula is C15H21ClN2O6S. The Kier molecular flexibility index (Phi) is 7.81. The Morgan fingerprint density at radius 2 is 2.00 bits per heavy atom. The first-order valence-electron chi connectivity index (χ1n) is 7.42. The van der Waals surface area contributed by atoms with Crippen LogP contribution in [0.25, 0.3) is 0 Å². The van der Waals surface area contributed by atoms with Crippen molar-refractivity contribution in [3.8, 4) is 0 Å². The van der Waals surface area contributed by atoms with Crippen molar-refractivity contribution >= 4 is 33.5 Å². The van der Waals surface area contributed by atoms with E-state index < -0.39 is 28.5 Å². The maximum absolute atomic E-state index is 12.2. The molecule has 0 heterocycles. The molecule has 1 rings (SSSR count). The number of nitrogens with zero attached hydrogens (tertiary/aromatic N) is 1. The molecule has 0 spiro atoms. The van der Waals surface area contributed by atoms with Crippen LogP contribution in [-0.2, 0) is 24.4 Å². The second-order valence-electron chi connectivity index (χ2n) is 5.19. The lowest BCUT2D eigenvalue weighted by molar-refractivity contribution is -0.124. The number of carbonyl (C=O) groups excluding carboxylic acids is 2. The lowest BCUT2D eigenvalue weighted by Gasteiger charge is -2.15. The van der Waals surface area contributed by atoms with E-state index in [9.17, 15) is 18.0 Å². The molecule has 140 valence electrons. The summed E-state index contributed by atoms with van der Waals surface area (Å²) in [5, 5.41) is 2.65. The van der Waals surface area contributed by atoms with Crippen molar-refractivity contribution < 1.29 is 27.6 Å². The molecule has 0 aliphatic rings. The molecular weight excluding hydrogens is 372 g/mol. The molecule has 0 bridgehead atoms. The number of hydrogen-bond donors (Lipinski definition) is 1. The topological polar surface area (TPSA) is 102 Å². The Bertz CT molecular complexity index is 738. The second kappa shape index (κ2) is 9.14. The third kappa shape index (κ3) is 5.67. The molecule has 10 heteroatoms. The molecule has 8 nitrogen and oxygen atoms in total. The van der Waals surface area contributed by atoms with E-state index in [4.69, 9.17) is 16.3 Å². The number of sulfonamides is 1. The van der Waals surface area contributed by atoms with Gasteiger partial charge in [0, 0.05) is 13.1 Å². The molecule has 0 unspecified atom stereocenters. The van der Waals surface area contributed by atoms with Crippen molar-refractivity contribution in [1.82, 2.24) is 9.79 Å². The van der Waals surface area contributed by atoms with E-state index in [2.05, 4.69) is 10.2 Å². The van der Waals surface area contributed by atoms with Crippen LogP contribution in [0.4, 0.5) is 0 Å². The van der Waals surface area contributed by atoms with Gasteiger partial charge >= 0.3 is 5.97 Å². The highest BCUT2D eigenvalue weighted by atomic mass is 35.5. The number of carbonyl (C=O) groups is 2. The normalized spacial score (nSPS) is 12.7. The van der Waals surface area contributed by atoms with Crippen molar-refractivity contribution in [2.24, 2.45) is 0 Å². The van der Waals surface area contributed by atoms with E-state index in [1.807, 2.05) is 13.8 Å². The highest BCUT2D eigenvalue weighted by Crippen LogP contribution is 2.23. The van der Waals surface area contributed by atoms with Crippen molar-refractivity contribution in [3.63, 3.8) is 0 Å². The maximum Gasteiger partial charge on any atom is 0.340 e. The predicted octanol–water partition coefficient (Wildman–Crippen LogP) is 1.59. The number of hydroxylamine groups is 1. The molecule has 0 aliphatic heterocycles. The van der Waals surface area contributed by atoms with E-state index >= 15 is 0 Å². The zero-order valence-corrected chi connectivity index (χ0v) is 16.0. The highest BCUT2D eigenvalue weighted by molar-refractivity contribution is 7.89. The van der Waals surface area contributed by atoms with Gasteiger partial charge < -0.3 is 10.1 Å². The number of hydrogen-bond acceptors (Lipinski definition) is 6. The Balaban J connectivity index is 2.93. The van der Waals surface area contributed by atoms with Crippen molar-refractivity contribution in [1.29, 1.82) is 0 Å². The Morgan fingerprint density at radius 1 is 1.36 bits per heavy atom. The standard InChI is InChI=1S/C15H21ClN2O6S/c1-5-10(2)17-14(19)9-24-15(20)12-8-11(6-7-13(12)16)25(21,22)18(3)23-4/h6-8,10H,5,9H2,1-4H3,(H,17,19)/t10-/m0/s1. The fourth-order valence-electron chi connectivity index (χ4n) is 1.70. The Labute approximate surface area is 152 Å². The summed E-state index contributed by atoms with van der Waals surface area (Å²) < 4.78 is 30.0. The monoisotopic (exact) mass is 392 g/mol. The number of ether oxygens (including phenoxy) is 1. The van der Waals surface area contributed by atoms with Gasteiger partial charge in [0.1, 0.15) is 0 Å². The first-order chi connectivity index (χ1) is 11.6. The van der Waals surface area contributed by atoms with E-state index in [0.717, 1.165) is 12.5 Å². The van der Waals surface area contributed by atoms with Crippen LogP contribution in [0.15, 0.2) is 23.1 Å². The zero-order valence-electron chi connectivity index (χ0n) is 14.4. The third-order valence-electron chi connectivity index (χ3n) is 3.41. The van der Waals surface area contributed by atoms with Crippen LogP contribution in [-0.4, -0.2) is 51.6 Å². The van der Waals surface area contributed by atoms with Gasteiger partial charge in [-0.05, 0) is 31.5 Å². The molecule has 1 aromatic carbocycles. The van der Waals surface area contributed by atoms with Crippen LogP contribution in [0, 0.1) is 0 Å². The van der Waals surface area contributed by atoms with Gasteiger partial charge in [-0.25, -0.2) is 13.2 Å². The minimum atomic E-state index is -3.95. The van der Waals surface area contributed by atoms with Crippen molar-refractivity contribution in [3.05, 3.63) is 28.8 Å². The van der Waals surface area contributed by atoms with Crippen molar-refractivity contribution in [2.75, 3.05) is 20.8 Å². The molecule has 0 aliphatic carbocycles. The van der Waals surface area contributed by atoms with Crippen LogP contribution in [0.1, 0.15) is 30.6 Å². The molecule has 1 amide bonds. The summed E-state index contributed by atoms with van der Waals surface area (Å²) in [6.45, 7) is 3.23. The fourth-order valence-corrected chi connectivity index (χ4v) is 2.89. The number of esters is 1. The predicted molar refractivity (Wildman–Crippen MR) is 91.6 cm³/mol. The quantitative estimate of drug-likeness (QED) is 0.532. The van der Waals surface area contributed by atoms with E-state index in [1.165, 1.54) is 26.3 Å². The molecule has 0 radical (unpaired) electrons. The lowest BCUT2D eigenvalue weighted by Crippen LogP contribution is -2.35. The molecule has 25 heavy (non-hydrogen) atoms. The van der Waals surface area contributed by atoms with Gasteiger partial charge in [0.25, 0.3) is 15.9 Å². The average Bonchev–Trinajstić information content (AvgIpc) is 2.58. The Morgan fingerprint density at radius 3 is 2.56 bits per heavy atom. The number of halogens is 1. The third-order valence-corrected chi connectivity index (χ3v) is 5.41. The molecule has 1 aromatic rings. The number of benzene rings is 1. The Hall–Kier alpha value is -1.68. The van der Waals surface area contributed by atoms with E-state index in [1.54, 1.807) is 0 Å². The van der Waals surface area contributed by atoms with Gasteiger partial charge in [-0.3, -0.25) is 9.63 Å². The van der Waals surface area contributed by atoms with E-state index in [-0.39, 0.29) is 21.5 Å². The van der Waals surface area contributed by atoms with Crippen LogP contribution in [0.5, 0.6) is 0 Å². The summed E-state index contributed by atoms with van der Waals surface area (Å²) in [6, 6.07) is 3.52. The SMILES string of the molecule is CC[C@H](C)NC(=O)COC(=O)c1cc(S(=O)(=O)N(C)OC)ccc1Cl. The fraction of sp³-hybridized carbons (Fsp3) is 0.467. The molecule has 0 saturated carbocycles. The largest absolute Gasteiger partial charge is 0.452 e. The minimum Gasteiger partial charge on any atom is -0.452 e. The maximum atomic E-state index is 12.2. The summed E-state index contributed by atoms with van der Waals surface area (Å²) in [6.07, 6.45) is 0.735. The average molecular weight is 393 g/mol. The van der Waals surface area contributed by atoms with Gasteiger partial charge in [0.2, 0.25) is 0 Å². The minimum absolute atomic E-state index is 0.00588. The first-order valence-corrected chi connectivity index (χ1v) is 9.24. The second-order valence-corrected chi connectivity index (χ2v) is 7.53. The van der Waals surface area contributed by atoms with Gasteiger partial charge in [-0.15, -0.1) is 0 Å². The summed E-state index contributed by atoms with van der Waals surface area (Å²) in [7, 11) is -1.54. The van der Waals surface area contributed by atoms with Gasteiger partial charge in [0.15, 0.2) is 6.61 Å². The van der Waals surface area contributed by atoms with E-state index in [0.29, 0.717) is 4.47 Å².